The maximum absolute atomic E-state index is 15.7. The maximum atomic E-state index is 15.7. The number of aromatic nitrogens is 3. The van der Waals surface area contributed by atoms with Crippen molar-refractivity contribution in [2.45, 2.75) is 62.2 Å². The summed E-state index contributed by atoms with van der Waals surface area (Å²) >= 11 is 0. The average Bonchev–Trinajstić information content (AvgIpc) is 3.57. The Balaban J connectivity index is 1.41. The van der Waals surface area contributed by atoms with Crippen LogP contribution in [0, 0.1) is 17.5 Å². The van der Waals surface area contributed by atoms with Crippen LogP contribution in [0.4, 0.5) is 24.7 Å². The molecule has 3 N–H and O–H groups in total. The lowest BCUT2D eigenvalue weighted by atomic mass is 9.80. The molecule has 2 aliphatic rings. The number of rotatable bonds is 6. The van der Waals surface area contributed by atoms with Gasteiger partial charge in [-0.15, -0.1) is 0 Å². The third-order valence-electron chi connectivity index (χ3n) is 7.95. The van der Waals surface area contributed by atoms with Gasteiger partial charge in [-0.25, -0.2) is 26.6 Å². The number of benzene rings is 2. The zero-order valence-electron chi connectivity index (χ0n) is 23.0. The Kier molecular flexibility index (Phi) is 7.14. The minimum atomic E-state index is -4.54. The van der Waals surface area contributed by atoms with E-state index in [2.05, 4.69) is 10.1 Å². The summed E-state index contributed by atoms with van der Waals surface area (Å²) in [4.78, 5) is 3.72. The fraction of sp³-hybridized carbons (Fsp3) is 0.379. The third-order valence-corrected chi connectivity index (χ3v) is 9.35. The largest absolute Gasteiger partial charge is 0.383 e. The van der Waals surface area contributed by atoms with Gasteiger partial charge in [0.2, 0.25) is 0 Å². The van der Waals surface area contributed by atoms with Crippen molar-refractivity contribution in [3.63, 3.8) is 0 Å². The number of hydrogen-bond donors (Lipinski definition) is 2. The van der Waals surface area contributed by atoms with Gasteiger partial charge in [0.05, 0.1) is 29.8 Å². The molecule has 0 bridgehead atoms. The maximum Gasteiger partial charge on any atom is 0.264 e. The van der Waals surface area contributed by atoms with Crippen LogP contribution in [0.1, 0.15) is 57.1 Å². The molecule has 0 atom stereocenters. The van der Waals surface area contributed by atoms with E-state index in [-0.39, 0.29) is 29.0 Å². The number of halogens is 3. The van der Waals surface area contributed by atoms with Crippen LogP contribution in [-0.4, -0.2) is 42.2 Å². The van der Waals surface area contributed by atoms with Gasteiger partial charge in [0.1, 0.15) is 33.9 Å². The summed E-state index contributed by atoms with van der Waals surface area (Å²) in [6, 6.07) is 6.03. The van der Waals surface area contributed by atoms with Crippen LogP contribution >= 0.6 is 0 Å². The summed E-state index contributed by atoms with van der Waals surface area (Å²) in [6.07, 6.45) is 4.71. The topological polar surface area (TPSA) is 121 Å². The monoisotopic (exact) mass is 601 g/mol. The number of nitrogens with zero attached hydrogens (tertiary/aromatic N) is 3. The minimum Gasteiger partial charge on any atom is -0.383 e. The van der Waals surface area contributed by atoms with E-state index >= 15 is 8.78 Å². The summed E-state index contributed by atoms with van der Waals surface area (Å²) in [7, 11) is -4.54. The molecule has 9 nitrogen and oxygen atoms in total. The summed E-state index contributed by atoms with van der Waals surface area (Å²) in [5.41, 5.74) is 7.11. The molecule has 1 saturated heterocycles. The second-order valence-electron chi connectivity index (χ2n) is 10.9. The Morgan fingerprint density at radius 3 is 2.40 bits per heavy atom. The molecule has 13 heteroatoms. The molecular formula is C29H30F3N5O4S. The molecule has 3 heterocycles. The predicted molar refractivity (Wildman–Crippen MR) is 151 cm³/mol. The summed E-state index contributed by atoms with van der Waals surface area (Å²) < 4.78 is 86.0. The van der Waals surface area contributed by atoms with E-state index in [4.69, 9.17) is 15.2 Å². The highest BCUT2D eigenvalue weighted by molar-refractivity contribution is 7.92. The molecule has 4 aromatic rings. The highest BCUT2D eigenvalue weighted by Crippen LogP contribution is 2.46. The normalized spacial score (nSPS) is 17.5. The van der Waals surface area contributed by atoms with Crippen LogP contribution in [0.15, 0.2) is 47.5 Å². The zero-order valence-corrected chi connectivity index (χ0v) is 23.8. The number of fused-ring (bicyclic) bond motifs is 1. The summed E-state index contributed by atoms with van der Waals surface area (Å²) in [6.45, 7) is 5.00. The van der Waals surface area contributed by atoms with Gasteiger partial charge in [-0.3, -0.25) is 9.40 Å². The first-order chi connectivity index (χ1) is 20.0. The molecule has 1 saturated carbocycles. The Hall–Kier alpha value is -3.68. The molecule has 222 valence electrons. The minimum absolute atomic E-state index is 0.0835. The van der Waals surface area contributed by atoms with Gasteiger partial charge in [-0.1, -0.05) is 12.1 Å². The molecule has 0 amide bonds. The van der Waals surface area contributed by atoms with Crippen LogP contribution in [0.25, 0.3) is 22.2 Å². The van der Waals surface area contributed by atoms with E-state index < -0.39 is 43.8 Å². The van der Waals surface area contributed by atoms with E-state index in [9.17, 15) is 12.8 Å². The van der Waals surface area contributed by atoms with E-state index in [1.54, 1.807) is 10.9 Å². The van der Waals surface area contributed by atoms with Crippen molar-refractivity contribution in [3.05, 3.63) is 65.6 Å². The lowest BCUT2D eigenvalue weighted by Gasteiger charge is -2.35. The Bertz CT molecular complexity index is 1780. The van der Waals surface area contributed by atoms with Gasteiger partial charge in [0.25, 0.3) is 10.0 Å². The first-order valence-electron chi connectivity index (χ1n) is 13.7. The van der Waals surface area contributed by atoms with Gasteiger partial charge in [0.15, 0.2) is 5.79 Å². The van der Waals surface area contributed by atoms with Gasteiger partial charge in [-0.2, -0.15) is 5.10 Å². The molecule has 1 aliphatic heterocycles. The van der Waals surface area contributed by atoms with Crippen molar-refractivity contribution < 1.29 is 31.1 Å². The molecule has 2 aromatic heterocycles. The highest BCUT2D eigenvalue weighted by Gasteiger charge is 2.41. The van der Waals surface area contributed by atoms with Crippen LogP contribution in [-0.2, 0) is 19.5 Å². The van der Waals surface area contributed by atoms with Crippen molar-refractivity contribution in [1.29, 1.82) is 0 Å². The first kappa shape index (κ1) is 28.4. The standard InChI is InChI=1S/C29H30F3N5O4S/c1-16(2)37-27-19(17-7-9-29(10-8-17)40-11-12-41-29)15-34-28(33)25(27)26(35-37)18-13-22(32)23(14-21(18)31)36-42(38,39)24-6-4-3-5-20(24)30/h3-6,13-17,36H,7-12H2,1-2H3,(H2,33,34). The van der Waals surface area contributed by atoms with Crippen molar-refractivity contribution in [1.82, 2.24) is 14.8 Å². The van der Waals surface area contributed by atoms with Crippen molar-refractivity contribution in [2.24, 2.45) is 0 Å². The van der Waals surface area contributed by atoms with Gasteiger partial charge < -0.3 is 15.2 Å². The number of sulfonamides is 1. The first-order valence-corrected chi connectivity index (χ1v) is 15.2. The number of hydrogen-bond acceptors (Lipinski definition) is 7. The van der Waals surface area contributed by atoms with Crippen LogP contribution < -0.4 is 10.5 Å². The molecule has 42 heavy (non-hydrogen) atoms. The van der Waals surface area contributed by atoms with E-state index in [0.29, 0.717) is 30.2 Å². The van der Waals surface area contributed by atoms with Gasteiger partial charge in [0, 0.05) is 36.7 Å². The van der Waals surface area contributed by atoms with Crippen LogP contribution in [0.5, 0.6) is 0 Å². The second kappa shape index (κ2) is 10.5. The lowest BCUT2D eigenvalue weighted by molar-refractivity contribution is -0.178. The molecular weight excluding hydrogens is 571 g/mol. The number of pyridine rings is 1. The van der Waals surface area contributed by atoms with E-state index in [1.165, 1.54) is 12.1 Å². The third kappa shape index (κ3) is 4.88. The van der Waals surface area contributed by atoms with Crippen molar-refractivity contribution in [3.8, 4) is 11.3 Å². The zero-order chi connectivity index (χ0) is 29.8. The SMILES string of the molecule is CC(C)n1nc(-c2cc(F)c(NS(=O)(=O)c3ccccc3F)cc2F)c2c(N)ncc(C3CCC4(CC3)OCCO4)c21. The Morgan fingerprint density at radius 1 is 1.05 bits per heavy atom. The molecule has 0 unspecified atom stereocenters. The number of ether oxygens (including phenoxy) is 2. The molecule has 6 rings (SSSR count). The summed E-state index contributed by atoms with van der Waals surface area (Å²) in [5.74, 6) is -3.39. The average molecular weight is 602 g/mol. The number of nitrogen functional groups attached to an aromatic ring is 1. The van der Waals surface area contributed by atoms with Gasteiger partial charge >= 0.3 is 0 Å². The Morgan fingerprint density at radius 2 is 1.74 bits per heavy atom. The van der Waals surface area contributed by atoms with Gasteiger partial charge in [-0.05, 0) is 56.4 Å². The predicted octanol–water partition coefficient (Wildman–Crippen LogP) is 5.88. The van der Waals surface area contributed by atoms with Crippen LogP contribution in [0.2, 0.25) is 0 Å². The molecule has 1 spiro atoms. The molecule has 0 radical (unpaired) electrons. The highest BCUT2D eigenvalue weighted by atomic mass is 32.2. The van der Waals surface area contributed by atoms with Crippen molar-refractivity contribution >= 4 is 32.4 Å². The fourth-order valence-electron chi connectivity index (χ4n) is 5.90. The molecule has 2 aromatic carbocycles. The van der Waals surface area contributed by atoms with E-state index in [0.717, 1.165) is 49.4 Å². The number of nitrogens with two attached hydrogens (primary N) is 1. The molecule has 2 fully saturated rings. The fourth-order valence-corrected chi connectivity index (χ4v) is 7.04. The molecule has 1 aliphatic carbocycles. The quantitative estimate of drug-likeness (QED) is 0.283. The number of nitrogens with one attached hydrogen (secondary N) is 1. The summed E-state index contributed by atoms with van der Waals surface area (Å²) in [5, 5.41) is 5.05. The van der Waals surface area contributed by atoms with Crippen molar-refractivity contribution in [2.75, 3.05) is 23.7 Å². The van der Waals surface area contributed by atoms with Crippen LogP contribution in [0.3, 0.4) is 0 Å². The smallest absolute Gasteiger partial charge is 0.264 e. The van der Waals surface area contributed by atoms with E-state index in [1.807, 2.05) is 18.6 Å². The Labute approximate surface area is 240 Å². The number of anilines is 2. The lowest BCUT2D eigenvalue weighted by Crippen LogP contribution is -2.34. The second-order valence-corrected chi connectivity index (χ2v) is 12.6.